The molecular formula is C15H20BrNO2. The molecule has 1 heterocycles. The molecule has 104 valence electrons. The lowest BCUT2D eigenvalue weighted by atomic mass is 9.85. The lowest BCUT2D eigenvalue weighted by Gasteiger charge is -2.43. The van der Waals surface area contributed by atoms with E-state index in [1.54, 1.807) is 0 Å². The summed E-state index contributed by atoms with van der Waals surface area (Å²) < 4.78 is 0.999. The van der Waals surface area contributed by atoms with E-state index in [0.29, 0.717) is 0 Å². The molecule has 3 nitrogen and oxygen atoms in total. The van der Waals surface area contributed by atoms with Gasteiger partial charge in [0.2, 0.25) is 0 Å². The highest BCUT2D eigenvalue weighted by molar-refractivity contribution is 9.10. The highest BCUT2D eigenvalue weighted by Gasteiger charge is 2.36. The Morgan fingerprint density at radius 2 is 2.05 bits per heavy atom. The molecule has 1 atom stereocenters. The van der Waals surface area contributed by atoms with Gasteiger partial charge in [0.05, 0.1) is 12.0 Å². The Balaban J connectivity index is 2.35. The van der Waals surface area contributed by atoms with E-state index in [4.69, 9.17) is 0 Å². The Morgan fingerprint density at radius 1 is 1.37 bits per heavy atom. The first kappa shape index (κ1) is 14.5. The summed E-state index contributed by atoms with van der Waals surface area (Å²) in [5.74, 6) is -0.743. The van der Waals surface area contributed by atoms with Crippen molar-refractivity contribution in [3.63, 3.8) is 0 Å². The van der Waals surface area contributed by atoms with Crippen LogP contribution in [0.2, 0.25) is 0 Å². The van der Waals surface area contributed by atoms with Crippen molar-refractivity contribution < 1.29 is 9.90 Å². The zero-order chi connectivity index (χ0) is 13.9. The molecule has 19 heavy (non-hydrogen) atoms. The predicted molar refractivity (Wildman–Crippen MR) is 79.2 cm³/mol. The van der Waals surface area contributed by atoms with Crippen LogP contribution in [0, 0.1) is 0 Å². The van der Waals surface area contributed by atoms with Crippen molar-refractivity contribution in [3.05, 3.63) is 34.3 Å². The van der Waals surface area contributed by atoms with Crippen LogP contribution in [0.3, 0.4) is 0 Å². The minimum absolute atomic E-state index is 0.142. The molecule has 0 saturated carbocycles. The summed E-state index contributed by atoms with van der Waals surface area (Å²) >= 11 is 3.48. The Morgan fingerprint density at radius 3 is 2.63 bits per heavy atom. The number of hydrogen-bond acceptors (Lipinski definition) is 2. The molecule has 0 bridgehead atoms. The van der Waals surface area contributed by atoms with Crippen molar-refractivity contribution in [3.8, 4) is 0 Å². The fraction of sp³-hybridized carbons (Fsp3) is 0.533. The lowest BCUT2D eigenvalue weighted by molar-refractivity contribution is -0.140. The van der Waals surface area contributed by atoms with Crippen molar-refractivity contribution >= 4 is 21.9 Å². The van der Waals surface area contributed by atoms with Gasteiger partial charge in [-0.1, -0.05) is 34.5 Å². The minimum atomic E-state index is -0.743. The van der Waals surface area contributed by atoms with Crippen molar-refractivity contribution in [2.45, 2.75) is 38.1 Å². The maximum absolute atomic E-state index is 11.3. The van der Waals surface area contributed by atoms with Gasteiger partial charge < -0.3 is 5.11 Å². The van der Waals surface area contributed by atoms with Crippen molar-refractivity contribution in [1.29, 1.82) is 0 Å². The summed E-state index contributed by atoms with van der Waals surface area (Å²) in [5.41, 5.74) is 0.655. The number of aliphatic carboxylic acids is 1. The SMILES string of the molecule is CC(CC(=O)O)(c1cccc(Br)c1)N1CCCCC1. The average molecular weight is 326 g/mol. The van der Waals surface area contributed by atoms with Crippen LogP contribution in [0.4, 0.5) is 0 Å². The maximum atomic E-state index is 11.3. The van der Waals surface area contributed by atoms with Gasteiger partial charge in [0.25, 0.3) is 0 Å². The van der Waals surface area contributed by atoms with E-state index in [0.717, 1.165) is 36.0 Å². The molecule has 1 aliphatic heterocycles. The molecule has 1 aliphatic rings. The number of piperidine rings is 1. The number of nitrogens with zero attached hydrogens (tertiary/aromatic N) is 1. The van der Waals surface area contributed by atoms with E-state index >= 15 is 0 Å². The van der Waals surface area contributed by atoms with E-state index in [1.165, 1.54) is 6.42 Å². The smallest absolute Gasteiger partial charge is 0.305 e. The summed E-state index contributed by atoms with van der Waals surface area (Å²) in [6.07, 6.45) is 3.70. The number of carbonyl (C=O) groups is 1. The van der Waals surface area contributed by atoms with Gasteiger partial charge in [-0.25, -0.2) is 0 Å². The monoisotopic (exact) mass is 325 g/mol. The van der Waals surface area contributed by atoms with Gasteiger partial charge in [-0.15, -0.1) is 0 Å². The fourth-order valence-corrected chi connectivity index (χ4v) is 3.30. The second-order valence-corrected chi connectivity index (χ2v) is 6.32. The van der Waals surface area contributed by atoms with Crippen molar-refractivity contribution in [1.82, 2.24) is 4.90 Å². The summed E-state index contributed by atoms with van der Waals surface area (Å²) in [5, 5.41) is 9.27. The van der Waals surface area contributed by atoms with Gasteiger partial charge >= 0.3 is 5.97 Å². The number of carboxylic acids is 1. The van der Waals surface area contributed by atoms with Gasteiger partial charge in [0.1, 0.15) is 0 Å². The first-order chi connectivity index (χ1) is 9.02. The third-order valence-electron chi connectivity index (χ3n) is 4.00. The van der Waals surface area contributed by atoms with Crippen molar-refractivity contribution in [2.24, 2.45) is 0 Å². The van der Waals surface area contributed by atoms with E-state index in [-0.39, 0.29) is 6.42 Å². The zero-order valence-corrected chi connectivity index (χ0v) is 12.8. The zero-order valence-electron chi connectivity index (χ0n) is 11.2. The third-order valence-corrected chi connectivity index (χ3v) is 4.49. The normalized spacial score (nSPS) is 19.9. The molecule has 1 saturated heterocycles. The number of halogens is 1. The molecular weight excluding hydrogens is 306 g/mol. The Bertz CT molecular complexity index is 457. The summed E-state index contributed by atoms with van der Waals surface area (Å²) in [7, 11) is 0. The molecule has 1 aromatic carbocycles. The Hall–Kier alpha value is -0.870. The number of rotatable bonds is 4. The minimum Gasteiger partial charge on any atom is -0.481 e. The largest absolute Gasteiger partial charge is 0.481 e. The van der Waals surface area contributed by atoms with Gasteiger partial charge in [0, 0.05) is 4.47 Å². The highest BCUT2D eigenvalue weighted by atomic mass is 79.9. The molecule has 0 aromatic heterocycles. The standard InChI is InChI=1S/C15H20BrNO2/c1-15(11-14(18)19,17-8-3-2-4-9-17)12-6-5-7-13(16)10-12/h5-7,10H,2-4,8-9,11H2,1H3,(H,18,19). The van der Waals surface area contributed by atoms with Crippen LogP contribution in [0.5, 0.6) is 0 Å². The number of hydrogen-bond donors (Lipinski definition) is 1. The van der Waals surface area contributed by atoms with Gasteiger partial charge in [-0.05, 0) is 50.6 Å². The third kappa shape index (κ3) is 3.37. The van der Waals surface area contributed by atoms with E-state index in [9.17, 15) is 9.90 Å². The predicted octanol–water partition coefficient (Wildman–Crippen LogP) is 3.62. The molecule has 1 aromatic rings. The van der Waals surface area contributed by atoms with E-state index in [1.807, 2.05) is 31.2 Å². The Kier molecular flexibility index (Phi) is 4.63. The molecule has 1 unspecified atom stereocenters. The topological polar surface area (TPSA) is 40.5 Å². The van der Waals surface area contributed by atoms with Crippen molar-refractivity contribution in [2.75, 3.05) is 13.1 Å². The second-order valence-electron chi connectivity index (χ2n) is 5.40. The quantitative estimate of drug-likeness (QED) is 0.919. The molecule has 0 radical (unpaired) electrons. The number of benzene rings is 1. The number of carboxylic acid groups (broad SMARTS) is 1. The average Bonchev–Trinajstić information content (AvgIpc) is 2.39. The van der Waals surface area contributed by atoms with Gasteiger partial charge in [-0.2, -0.15) is 0 Å². The molecule has 2 rings (SSSR count). The first-order valence-corrected chi connectivity index (χ1v) is 7.54. The van der Waals surface area contributed by atoms with Crippen LogP contribution in [0.15, 0.2) is 28.7 Å². The van der Waals surface area contributed by atoms with Gasteiger partial charge in [0.15, 0.2) is 0 Å². The van der Waals surface area contributed by atoms with Crippen LogP contribution in [0.25, 0.3) is 0 Å². The van der Waals surface area contributed by atoms with Gasteiger partial charge in [-0.3, -0.25) is 9.69 Å². The second kappa shape index (κ2) is 6.06. The van der Waals surface area contributed by atoms with Crippen LogP contribution in [-0.4, -0.2) is 29.1 Å². The first-order valence-electron chi connectivity index (χ1n) is 6.75. The molecule has 1 N–H and O–H groups in total. The molecule has 1 fully saturated rings. The summed E-state index contributed by atoms with van der Waals surface area (Å²) in [6, 6.07) is 8.02. The fourth-order valence-electron chi connectivity index (χ4n) is 2.90. The summed E-state index contributed by atoms with van der Waals surface area (Å²) in [4.78, 5) is 13.6. The van der Waals surface area contributed by atoms with E-state index < -0.39 is 11.5 Å². The van der Waals surface area contributed by atoms with Crippen LogP contribution in [-0.2, 0) is 10.3 Å². The van der Waals surface area contributed by atoms with Crippen LogP contribution >= 0.6 is 15.9 Å². The summed E-state index contributed by atoms with van der Waals surface area (Å²) in [6.45, 7) is 4.01. The molecule has 0 amide bonds. The van der Waals surface area contributed by atoms with E-state index in [2.05, 4.69) is 20.8 Å². The Labute approximate surface area is 122 Å². The number of likely N-dealkylation sites (tertiary alicyclic amines) is 1. The highest BCUT2D eigenvalue weighted by Crippen LogP contribution is 2.35. The maximum Gasteiger partial charge on any atom is 0.305 e. The van der Waals surface area contributed by atoms with Crippen LogP contribution in [0.1, 0.15) is 38.2 Å². The molecule has 4 heteroatoms. The molecule has 0 spiro atoms. The van der Waals surface area contributed by atoms with Crippen LogP contribution < -0.4 is 0 Å². The molecule has 0 aliphatic carbocycles. The lowest BCUT2D eigenvalue weighted by Crippen LogP contribution is -2.47.